The van der Waals surface area contributed by atoms with E-state index in [-0.39, 0.29) is 16.7 Å². The number of carbonyl (C=O) groups excluding carboxylic acids is 1. The summed E-state index contributed by atoms with van der Waals surface area (Å²) in [4.78, 5) is 40.4. The molecule has 0 aliphatic carbocycles. The Morgan fingerprint density at radius 3 is 2.79 bits per heavy atom. The predicted octanol–water partition coefficient (Wildman–Crippen LogP) is 1.69. The van der Waals surface area contributed by atoms with Crippen LogP contribution in [0, 0.1) is 6.92 Å². The second-order valence-corrected chi connectivity index (χ2v) is 7.36. The third-order valence-corrected chi connectivity index (χ3v) is 5.17. The van der Waals surface area contributed by atoms with Crippen LogP contribution in [0.5, 0.6) is 0 Å². The van der Waals surface area contributed by atoms with Crippen molar-refractivity contribution >= 4 is 17.7 Å². The molecule has 1 saturated heterocycles. The molecule has 24 heavy (non-hydrogen) atoms. The van der Waals surface area contributed by atoms with Gasteiger partial charge in [-0.25, -0.2) is 9.97 Å². The van der Waals surface area contributed by atoms with E-state index < -0.39 is 0 Å². The number of rotatable bonds is 4. The van der Waals surface area contributed by atoms with Crippen LogP contribution in [0.2, 0.25) is 0 Å². The highest BCUT2D eigenvalue weighted by molar-refractivity contribution is 8.00. The Bertz CT molecular complexity index is 750. The van der Waals surface area contributed by atoms with E-state index in [0.717, 1.165) is 31.8 Å². The maximum absolute atomic E-state index is 12.6. The summed E-state index contributed by atoms with van der Waals surface area (Å²) in [5.74, 6) is 1.48. The second-order valence-electron chi connectivity index (χ2n) is 6.03. The highest BCUT2D eigenvalue weighted by Gasteiger charge is 2.28. The van der Waals surface area contributed by atoms with Gasteiger partial charge in [-0.15, -0.1) is 0 Å². The first-order valence-electron chi connectivity index (χ1n) is 8.05. The van der Waals surface area contributed by atoms with Gasteiger partial charge in [0.05, 0.1) is 5.25 Å². The van der Waals surface area contributed by atoms with Crippen molar-refractivity contribution in [2.75, 3.05) is 13.1 Å². The molecule has 0 aromatic carbocycles. The lowest BCUT2D eigenvalue weighted by Crippen LogP contribution is -2.42. The molecule has 2 aromatic heterocycles. The van der Waals surface area contributed by atoms with E-state index >= 15 is 0 Å². The number of imidazole rings is 1. The van der Waals surface area contributed by atoms with Crippen LogP contribution in [0.4, 0.5) is 0 Å². The molecule has 2 N–H and O–H groups in total. The highest BCUT2D eigenvalue weighted by Crippen LogP contribution is 2.27. The molecule has 1 unspecified atom stereocenters. The molecule has 0 bridgehead atoms. The van der Waals surface area contributed by atoms with Crippen LogP contribution in [-0.4, -0.2) is 49.1 Å². The standard InChI is InChI=1S/C16H21N5O2S/c1-10-9-13(22)20-16(19-10)24-11(2)15(23)21-7-3-12(4-8-21)14-17-5-6-18-14/h5-6,9,11-12H,3-4,7-8H2,1-2H3,(H,17,18)(H,19,20,22). The lowest BCUT2D eigenvalue weighted by molar-refractivity contribution is -0.131. The predicted molar refractivity (Wildman–Crippen MR) is 92.1 cm³/mol. The molecular weight excluding hydrogens is 326 g/mol. The van der Waals surface area contributed by atoms with Crippen molar-refractivity contribution in [2.24, 2.45) is 0 Å². The van der Waals surface area contributed by atoms with Gasteiger partial charge in [0.15, 0.2) is 5.16 Å². The number of nitrogens with zero attached hydrogens (tertiary/aromatic N) is 3. The fourth-order valence-electron chi connectivity index (χ4n) is 2.96. The molecule has 1 aliphatic rings. The maximum Gasteiger partial charge on any atom is 0.251 e. The molecule has 128 valence electrons. The number of aryl methyl sites for hydroxylation is 1. The third kappa shape index (κ3) is 3.87. The molecule has 7 nitrogen and oxygen atoms in total. The Labute approximate surface area is 144 Å². The number of H-pyrrole nitrogens is 2. The summed E-state index contributed by atoms with van der Waals surface area (Å²) >= 11 is 1.30. The molecule has 0 spiro atoms. The Morgan fingerprint density at radius 2 is 2.17 bits per heavy atom. The quantitative estimate of drug-likeness (QED) is 0.648. The number of nitrogens with one attached hydrogen (secondary N) is 2. The SMILES string of the molecule is Cc1cc(=O)[nH]c(SC(C)C(=O)N2CCC(c3ncc[nH]3)CC2)n1. The van der Waals surface area contributed by atoms with Crippen molar-refractivity contribution in [3.63, 3.8) is 0 Å². The first-order valence-corrected chi connectivity index (χ1v) is 8.93. The molecule has 1 amide bonds. The van der Waals surface area contributed by atoms with Crippen molar-refractivity contribution in [1.29, 1.82) is 0 Å². The highest BCUT2D eigenvalue weighted by atomic mass is 32.2. The van der Waals surface area contributed by atoms with Crippen LogP contribution < -0.4 is 5.56 Å². The van der Waals surface area contributed by atoms with Gasteiger partial charge >= 0.3 is 0 Å². The smallest absolute Gasteiger partial charge is 0.251 e. The van der Waals surface area contributed by atoms with Gasteiger partial charge in [0.2, 0.25) is 5.91 Å². The number of carbonyl (C=O) groups is 1. The summed E-state index contributed by atoms with van der Waals surface area (Å²) < 4.78 is 0. The first kappa shape index (κ1) is 16.8. The number of piperidine rings is 1. The zero-order valence-corrected chi connectivity index (χ0v) is 14.6. The van der Waals surface area contributed by atoms with Gasteiger partial charge in [0.1, 0.15) is 5.82 Å². The van der Waals surface area contributed by atoms with E-state index in [0.29, 0.717) is 16.8 Å². The van der Waals surface area contributed by atoms with Crippen molar-refractivity contribution in [3.05, 3.63) is 40.3 Å². The first-order chi connectivity index (χ1) is 11.5. The van der Waals surface area contributed by atoms with E-state index in [4.69, 9.17) is 0 Å². The minimum Gasteiger partial charge on any atom is -0.348 e. The number of amides is 1. The Kier molecular flexibility index (Phi) is 5.03. The van der Waals surface area contributed by atoms with Gasteiger partial charge < -0.3 is 14.9 Å². The topological polar surface area (TPSA) is 94.7 Å². The molecule has 0 radical (unpaired) electrons. The molecule has 1 aliphatic heterocycles. The fraction of sp³-hybridized carbons (Fsp3) is 0.500. The molecular formula is C16H21N5O2S. The molecule has 1 atom stereocenters. The summed E-state index contributed by atoms with van der Waals surface area (Å²) in [5.41, 5.74) is 0.462. The van der Waals surface area contributed by atoms with Crippen molar-refractivity contribution in [1.82, 2.24) is 24.8 Å². The molecule has 8 heteroatoms. The lowest BCUT2D eigenvalue weighted by Gasteiger charge is -2.32. The fourth-order valence-corrected chi connectivity index (χ4v) is 3.90. The zero-order valence-electron chi connectivity index (χ0n) is 13.8. The van der Waals surface area contributed by atoms with E-state index in [9.17, 15) is 9.59 Å². The van der Waals surface area contributed by atoms with Crippen molar-refractivity contribution in [3.8, 4) is 0 Å². The van der Waals surface area contributed by atoms with Crippen LogP contribution in [0.15, 0.2) is 28.4 Å². The average Bonchev–Trinajstić information content (AvgIpc) is 3.07. The Morgan fingerprint density at radius 1 is 1.42 bits per heavy atom. The molecule has 3 rings (SSSR count). The van der Waals surface area contributed by atoms with Crippen LogP contribution in [0.3, 0.4) is 0 Å². The minimum absolute atomic E-state index is 0.0852. The van der Waals surface area contributed by atoms with Gasteiger partial charge in [-0.05, 0) is 26.7 Å². The maximum atomic E-state index is 12.6. The normalized spacial score (nSPS) is 17.0. The summed E-state index contributed by atoms with van der Waals surface area (Å²) in [6.07, 6.45) is 5.43. The summed E-state index contributed by atoms with van der Waals surface area (Å²) in [6, 6.07) is 1.44. The second kappa shape index (κ2) is 7.21. The minimum atomic E-state index is -0.282. The lowest BCUT2D eigenvalue weighted by atomic mass is 9.96. The number of aromatic amines is 2. The van der Waals surface area contributed by atoms with E-state index in [1.54, 1.807) is 13.1 Å². The van der Waals surface area contributed by atoms with Gasteiger partial charge in [-0.2, -0.15) is 0 Å². The number of likely N-dealkylation sites (tertiary alicyclic amines) is 1. The molecule has 0 saturated carbocycles. The van der Waals surface area contributed by atoms with Gasteiger partial charge in [-0.3, -0.25) is 9.59 Å². The summed E-state index contributed by atoms with van der Waals surface area (Å²) in [7, 11) is 0. The molecule has 3 heterocycles. The number of aromatic nitrogens is 4. The molecule has 1 fully saturated rings. The summed E-state index contributed by atoms with van der Waals surface area (Å²) in [5, 5.41) is 0.210. The van der Waals surface area contributed by atoms with Crippen LogP contribution in [0.1, 0.15) is 37.2 Å². The van der Waals surface area contributed by atoms with Crippen molar-refractivity contribution in [2.45, 2.75) is 43.0 Å². The van der Waals surface area contributed by atoms with Crippen LogP contribution in [-0.2, 0) is 4.79 Å². The van der Waals surface area contributed by atoms with Crippen LogP contribution >= 0.6 is 11.8 Å². The van der Waals surface area contributed by atoms with Gasteiger partial charge in [0.25, 0.3) is 5.56 Å². The van der Waals surface area contributed by atoms with E-state index in [1.807, 2.05) is 18.0 Å². The largest absolute Gasteiger partial charge is 0.348 e. The monoisotopic (exact) mass is 347 g/mol. The van der Waals surface area contributed by atoms with E-state index in [2.05, 4.69) is 19.9 Å². The third-order valence-electron chi connectivity index (χ3n) is 4.20. The Balaban J connectivity index is 1.57. The summed E-state index contributed by atoms with van der Waals surface area (Å²) in [6.45, 7) is 5.08. The van der Waals surface area contributed by atoms with Gasteiger partial charge in [0, 0.05) is 43.2 Å². The average molecular weight is 347 g/mol. The molecule has 2 aromatic rings. The zero-order chi connectivity index (χ0) is 17.1. The van der Waals surface area contributed by atoms with Crippen LogP contribution in [0.25, 0.3) is 0 Å². The van der Waals surface area contributed by atoms with E-state index in [1.165, 1.54) is 17.8 Å². The number of hydrogen-bond acceptors (Lipinski definition) is 5. The Hall–Kier alpha value is -2.09. The number of hydrogen-bond donors (Lipinski definition) is 2. The van der Waals surface area contributed by atoms with Gasteiger partial charge in [-0.1, -0.05) is 11.8 Å². The number of thioether (sulfide) groups is 1. The van der Waals surface area contributed by atoms with Crippen molar-refractivity contribution < 1.29 is 4.79 Å².